The first-order valence-electron chi connectivity index (χ1n) is 5.38. The summed E-state index contributed by atoms with van der Waals surface area (Å²) in [7, 11) is -4.48. The van der Waals surface area contributed by atoms with Gasteiger partial charge in [-0.2, -0.15) is 0 Å². The summed E-state index contributed by atoms with van der Waals surface area (Å²) in [6, 6.07) is 8.67. The third-order valence-electron chi connectivity index (χ3n) is 2.37. The van der Waals surface area contributed by atoms with Crippen LogP contribution in [0, 0.1) is 0 Å². The van der Waals surface area contributed by atoms with E-state index in [0.29, 0.717) is 5.56 Å². The van der Waals surface area contributed by atoms with Crippen molar-refractivity contribution < 1.29 is 24.3 Å². The average molecular weight is 273 g/mol. The molecular weight excluding hydrogens is 257 g/mol. The van der Waals surface area contributed by atoms with E-state index in [2.05, 4.69) is 5.32 Å². The molecular formula is C11H16NO5P. The Morgan fingerprint density at radius 2 is 1.89 bits per heavy atom. The number of carbonyl (C=O) groups excluding carboxylic acids is 1. The zero-order valence-electron chi connectivity index (χ0n) is 9.85. The largest absolute Gasteiger partial charge is 0.384 e. The van der Waals surface area contributed by atoms with Crippen molar-refractivity contribution in [3.8, 4) is 0 Å². The van der Waals surface area contributed by atoms with Crippen molar-refractivity contribution in [2.45, 2.75) is 25.2 Å². The maximum Gasteiger partial charge on any atom is 0.347 e. The zero-order valence-corrected chi connectivity index (χ0v) is 10.7. The molecule has 1 aromatic carbocycles. The second-order valence-electron chi connectivity index (χ2n) is 3.98. The molecule has 0 radical (unpaired) electrons. The van der Waals surface area contributed by atoms with E-state index >= 15 is 0 Å². The first-order chi connectivity index (χ1) is 8.30. The molecule has 1 amide bonds. The van der Waals surface area contributed by atoms with E-state index in [1.807, 2.05) is 0 Å². The number of amides is 1. The van der Waals surface area contributed by atoms with Crippen LogP contribution in [0.4, 0.5) is 0 Å². The zero-order chi connectivity index (χ0) is 13.8. The summed E-state index contributed by atoms with van der Waals surface area (Å²) in [5.41, 5.74) is 0.691. The Kier molecular flexibility index (Phi) is 5.04. The van der Waals surface area contributed by atoms with E-state index in [1.54, 1.807) is 30.3 Å². The van der Waals surface area contributed by atoms with Crippen molar-refractivity contribution in [1.82, 2.24) is 5.32 Å². The Labute approximate surface area is 105 Å². The highest BCUT2D eigenvalue weighted by molar-refractivity contribution is 7.52. The van der Waals surface area contributed by atoms with Gasteiger partial charge in [0.05, 0.1) is 0 Å². The third kappa shape index (κ3) is 4.58. The number of carbonyl (C=O) groups is 1. The summed E-state index contributed by atoms with van der Waals surface area (Å²) >= 11 is 0. The first kappa shape index (κ1) is 14.9. The Bertz CT molecular complexity index is 442. The molecule has 0 aromatic heterocycles. The number of hydrogen-bond donors (Lipinski definition) is 4. The van der Waals surface area contributed by atoms with E-state index in [0.717, 1.165) is 0 Å². The van der Waals surface area contributed by atoms with Gasteiger partial charge >= 0.3 is 7.60 Å². The summed E-state index contributed by atoms with van der Waals surface area (Å²) in [5.74, 6) is -2.14. The van der Waals surface area contributed by atoms with Gasteiger partial charge in [-0.1, -0.05) is 30.3 Å². The van der Waals surface area contributed by atoms with Crippen LogP contribution in [0.3, 0.4) is 0 Å². The van der Waals surface area contributed by atoms with Gasteiger partial charge in [0.2, 0.25) is 5.91 Å². The summed E-state index contributed by atoms with van der Waals surface area (Å²) in [5, 5.41) is 11.2. The Hall–Kier alpha value is -1.20. The molecule has 0 heterocycles. The molecule has 0 saturated carbocycles. The van der Waals surface area contributed by atoms with E-state index in [1.165, 1.54) is 6.92 Å². The number of aliphatic hydroxyl groups is 1. The van der Waals surface area contributed by atoms with E-state index in [4.69, 9.17) is 5.11 Å². The predicted molar refractivity (Wildman–Crippen MR) is 65.8 cm³/mol. The number of nitrogens with one attached hydrogen (secondary N) is 1. The van der Waals surface area contributed by atoms with Crippen molar-refractivity contribution in [2.75, 3.05) is 0 Å². The smallest absolute Gasteiger partial charge is 0.347 e. The topological polar surface area (TPSA) is 107 Å². The lowest BCUT2D eigenvalue weighted by molar-refractivity contribution is -0.128. The molecule has 0 aliphatic carbocycles. The van der Waals surface area contributed by atoms with Crippen LogP contribution in [0.15, 0.2) is 30.3 Å². The molecule has 0 aliphatic rings. The average Bonchev–Trinajstić information content (AvgIpc) is 2.28. The third-order valence-corrected chi connectivity index (χ3v) is 3.49. The van der Waals surface area contributed by atoms with E-state index in [-0.39, 0.29) is 6.42 Å². The summed E-state index contributed by atoms with van der Waals surface area (Å²) in [6.45, 7) is 1.23. The predicted octanol–water partition coefficient (Wildman–Crippen LogP) is 0.230. The molecule has 0 fully saturated rings. The van der Waals surface area contributed by atoms with Gasteiger partial charge in [-0.25, -0.2) is 0 Å². The minimum Gasteiger partial charge on any atom is -0.384 e. The summed E-state index contributed by atoms with van der Waals surface area (Å²) in [4.78, 5) is 29.7. The van der Waals surface area contributed by atoms with Gasteiger partial charge in [0.15, 0.2) is 0 Å². The first-order valence-corrected chi connectivity index (χ1v) is 7.06. The molecule has 7 heteroatoms. The van der Waals surface area contributed by atoms with Gasteiger partial charge in [-0.15, -0.1) is 0 Å². The standard InChI is InChI=1S/C11H16NO5P/c1-8(13)11(14)12-10(18(15,16)17)7-9-5-3-2-4-6-9/h2-6,8,10,13H,7H2,1H3,(H,12,14)(H2,15,16,17). The molecule has 100 valence electrons. The lowest BCUT2D eigenvalue weighted by Gasteiger charge is -2.20. The van der Waals surface area contributed by atoms with E-state index in [9.17, 15) is 19.1 Å². The van der Waals surface area contributed by atoms with Gasteiger partial charge in [-0.05, 0) is 12.5 Å². The van der Waals surface area contributed by atoms with Gasteiger partial charge < -0.3 is 20.2 Å². The highest BCUT2D eigenvalue weighted by Crippen LogP contribution is 2.41. The van der Waals surface area contributed by atoms with Crippen molar-refractivity contribution in [3.63, 3.8) is 0 Å². The quantitative estimate of drug-likeness (QED) is 0.574. The molecule has 18 heavy (non-hydrogen) atoms. The number of hydrogen-bond acceptors (Lipinski definition) is 3. The second kappa shape index (κ2) is 6.11. The number of benzene rings is 1. The molecule has 0 bridgehead atoms. The maximum absolute atomic E-state index is 11.3. The number of rotatable bonds is 5. The van der Waals surface area contributed by atoms with Gasteiger partial charge in [-0.3, -0.25) is 9.36 Å². The Morgan fingerprint density at radius 3 is 2.33 bits per heavy atom. The lowest BCUT2D eigenvalue weighted by Crippen LogP contribution is -2.41. The van der Waals surface area contributed by atoms with Crippen LogP contribution >= 0.6 is 7.60 Å². The molecule has 0 aliphatic heterocycles. The van der Waals surface area contributed by atoms with Crippen LogP contribution in [0.5, 0.6) is 0 Å². The van der Waals surface area contributed by atoms with Crippen molar-refractivity contribution >= 4 is 13.5 Å². The molecule has 6 nitrogen and oxygen atoms in total. The normalized spacial score (nSPS) is 14.9. The Morgan fingerprint density at radius 1 is 1.33 bits per heavy atom. The van der Waals surface area contributed by atoms with Crippen molar-refractivity contribution in [1.29, 1.82) is 0 Å². The van der Waals surface area contributed by atoms with Crippen LogP contribution in [0.1, 0.15) is 12.5 Å². The Balaban J connectivity index is 2.81. The van der Waals surface area contributed by atoms with Gasteiger partial charge in [0.25, 0.3) is 0 Å². The number of aliphatic hydroxyl groups excluding tert-OH is 1. The SMILES string of the molecule is CC(O)C(=O)NC(Cc1ccccc1)P(=O)(O)O. The van der Waals surface area contributed by atoms with Crippen molar-refractivity contribution in [3.05, 3.63) is 35.9 Å². The fraction of sp³-hybridized carbons (Fsp3) is 0.364. The molecule has 2 unspecified atom stereocenters. The maximum atomic E-state index is 11.3. The molecule has 2 atom stereocenters. The van der Waals surface area contributed by atoms with Gasteiger partial charge in [0, 0.05) is 6.42 Å². The van der Waals surface area contributed by atoms with E-state index < -0.39 is 25.4 Å². The monoisotopic (exact) mass is 273 g/mol. The second-order valence-corrected chi connectivity index (χ2v) is 5.78. The fourth-order valence-corrected chi connectivity index (χ4v) is 2.12. The van der Waals surface area contributed by atoms with Crippen molar-refractivity contribution in [2.24, 2.45) is 0 Å². The molecule has 0 spiro atoms. The summed E-state index contributed by atoms with van der Waals surface area (Å²) < 4.78 is 11.3. The molecule has 1 aromatic rings. The van der Waals surface area contributed by atoms with Crippen LogP contribution in [-0.2, 0) is 15.8 Å². The van der Waals surface area contributed by atoms with Crippen LogP contribution in [-0.4, -0.2) is 32.7 Å². The minimum absolute atomic E-state index is 0.00355. The van der Waals surface area contributed by atoms with Crippen LogP contribution in [0.25, 0.3) is 0 Å². The minimum atomic E-state index is -4.48. The van der Waals surface area contributed by atoms with Gasteiger partial charge in [0.1, 0.15) is 11.9 Å². The molecule has 0 saturated heterocycles. The highest BCUT2D eigenvalue weighted by atomic mass is 31.2. The highest BCUT2D eigenvalue weighted by Gasteiger charge is 2.31. The fourth-order valence-electron chi connectivity index (χ4n) is 1.38. The molecule has 1 rings (SSSR count). The lowest BCUT2D eigenvalue weighted by atomic mass is 10.1. The van der Waals surface area contributed by atoms with Crippen LogP contribution < -0.4 is 5.32 Å². The summed E-state index contributed by atoms with van der Waals surface area (Å²) in [6.07, 6.45) is -1.31. The van der Waals surface area contributed by atoms with Crippen LogP contribution in [0.2, 0.25) is 0 Å². The molecule has 4 N–H and O–H groups in total.